The number of benzene rings is 2. The molecular formula is C14H8N4O2S. The zero-order chi connectivity index (χ0) is 14.8. The van der Waals surface area contributed by atoms with E-state index in [1.54, 1.807) is 6.07 Å². The van der Waals surface area contributed by atoms with Crippen LogP contribution in [0, 0.1) is 21.4 Å². The first kappa shape index (κ1) is 13.1. The van der Waals surface area contributed by atoms with E-state index in [0.717, 1.165) is 11.0 Å². The molecule has 6 nitrogen and oxygen atoms in total. The number of nitro groups is 1. The Morgan fingerprint density at radius 3 is 2.81 bits per heavy atom. The van der Waals surface area contributed by atoms with Crippen molar-refractivity contribution in [3.8, 4) is 6.07 Å². The van der Waals surface area contributed by atoms with Crippen molar-refractivity contribution in [1.82, 2.24) is 9.97 Å². The molecule has 0 radical (unpaired) electrons. The van der Waals surface area contributed by atoms with E-state index in [0.29, 0.717) is 10.1 Å². The van der Waals surface area contributed by atoms with Gasteiger partial charge in [-0.1, -0.05) is 23.9 Å². The van der Waals surface area contributed by atoms with Crippen LogP contribution in [0.2, 0.25) is 0 Å². The minimum absolute atomic E-state index is 0.0500. The Labute approximate surface area is 123 Å². The third-order valence-electron chi connectivity index (χ3n) is 2.87. The topological polar surface area (TPSA) is 95.6 Å². The van der Waals surface area contributed by atoms with Crippen LogP contribution in [0.25, 0.3) is 11.0 Å². The highest BCUT2D eigenvalue weighted by molar-refractivity contribution is 7.99. The van der Waals surface area contributed by atoms with Gasteiger partial charge >= 0.3 is 0 Å². The number of nitrogens with zero attached hydrogens (tertiary/aromatic N) is 3. The summed E-state index contributed by atoms with van der Waals surface area (Å²) in [6, 6.07) is 13.9. The van der Waals surface area contributed by atoms with E-state index in [1.165, 1.54) is 23.9 Å². The fourth-order valence-electron chi connectivity index (χ4n) is 1.91. The molecule has 3 rings (SSSR count). The molecule has 1 heterocycles. The first-order valence-corrected chi connectivity index (χ1v) is 6.80. The average Bonchev–Trinajstić information content (AvgIpc) is 2.89. The van der Waals surface area contributed by atoms with E-state index < -0.39 is 4.92 Å². The molecule has 7 heteroatoms. The zero-order valence-corrected chi connectivity index (χ0v) is 11.4. The number of H-pyrrole nitrogens is 1. The SMILES string of the molecule is N#Cc1ccc(Sc2nc3ccccc3[nH]2)cc1[N+](=O)[O-]. The van der Waals surface area contributed by atoms with E-state index in [4.69, 9.17) is 5.26 Å². The lowest BCUT2D eigenvalue weighted by molar-refractivity contribution is -0.385. The minimum atomic E-state index is -0.554. The zero-order valence-electron chi connectivity index (χ0n) is 10.6. The van der Waals surface area contributed by atoms with Gasteiger partial charge in [0.25, 0.3) is 5.69 Å². The van der Waals surface area contributed by atoms with Gasteiger partial charge in [-0.2, -0.15) is 5.26 Å². The summed E-state index contributed by atoms with van der Waals surface area (Å²) in [4.78, 5) is 18.6. The summed E-state index contributed by atoms with van der Waals surface area (Å²) in [5.74, 6) is 0. The van der Waals surface area contributed by atoms with Gasteiger partial charge in [-0.15, -0.1) is 0 Å². The molecule has 0 aliphatic rings. The smallest absolute Gasteiger partial charge is 0.288 e. The number of nitrogens with one attached hydrogen (secondary N) is 1. The predicted octanol–water partition coefficient (Wildman–Crippen LogP) is 3.49. The monoisotopic (exact) mass is 296 g/mol. The molecule has 0 aliphatic heterocycles. The van der Waals surface area contributed by atoms with Gasteiger partial charge in [-0.05, 0) is 24.3 Å². The summed E-state index contributed by atoms with van der Waals surface area (Å²) in [6.07, 6.45) is 0. The second kappa shape index (κ2) is 5.26. The third-order valence-corrected chi connectivity index (χ3v) is 3.74. The number of nitro benzene ring substituents is 1. The average molecular weight is 296 g/mol. The lowest BCUT2D eigenvalue weighted by atomic mass is 10.2. The van der Waals surface area contributed by atoms with E-state index in [2.05, 4.69) is 9.97 Å². The number of rotatable bonds is 3. The second-order valence-electron chi connectivity index (χ2n) is 4.21. The van der Waals surface area contributed by atoms with E-state index in [-0.39, 0.29) is 11.3 Å². The quantitative estimate of drug-likeness (QED) is 0.589. The predicted molar refractivity (Wildman–Crippen MR) is 78.0 cm³/mol. The van der Waals surface area contributed by atoms with E-state index in [9.17, 15) is 10.1 Å². The molecule has 0 saturated heterocycles. The lowest BCUT2D eigenvalue weighted by Crippen LogP contribution is -1.92. The summed E-state index contributed by atoms with van der Waals surface area (Å²) >= 11 is 1.28. The number of aromatic nitrogens is 2. The number of imidazole rings is 1. The Morgan fingerprint density at radius 2 is 2.10 bits per heavy atom. The number of aromatic amines is 1. The van der Waals surface area contributed by atoms with Crippen molar-refractivity contribution in [2.24, 2.45) is 0 Å². The Balaban J connectivity index is 1.96. The number of hydrogen-bond donors (Lipinski definition) is 1. The van der Waals surface area contributed by atoms with Gasteiger partial charge in [0.15, 0.2) is 5.16 Å². The Kier molecular flexibility index (Phi) is 3.30. The summed E-state index contributed by atoms with van der Waals surface area (Å²) in [5.41, 5.74) is 1.60. The van der Waals surface area contributed by atoms with E-state index >= 15 is 0 Å². The maximum atomic E-state index is 10.9. The van der Waals surface area contributed by atoms with Gasteiger partial charge in [0.1, 0.15) is 11.6 Å². The molecule has 102 valence electrons. The van der Waals surface area contributed by atoms with Crippen LogP contribution in [0.4, 0.5) is 5.69 Å². The first-order valence-electron chi connectivity index (χ1n) is 5.98. The lowest BCUT2D eigenvalue weighted by Gasteiger charge is -1.99. The molecule has 1 N–H and O–H groups in total. The fraction of sp³-hybridized carbons (Fsp3) is 0. The molecule has 0 bridgehead atoms. The van der Waals surface area contributed by atoms with Crippen LogP contribution in [0.3, 0.4) is 0 Å². The van der Waals surface area contributed by atoms with Crippen LogP contribution >= 0.6 is 11.8 Å². The molecule has 3 aromatic rings. The van der Waals surface area contributed by atoms with Crippen LogP contribution < -0.4 is 0 Å². The fourth-order valence-corrected chi connectivity index (χ4v) is 2.74. The summed E-state index contributed by atoms with van der Waals surface area (Å²) < 4.78 is 0. The van der Waals surface area contributed by atoms with Crippen LogP contribution in [0.15, 0.2) is 52.5 Å². The van der Waals surface area contributed by atoms with Crippen molar-refractivity contribution in [1.29, 1.82) is 5.26 Å². The number of para-hydroxylation sites is 2. The maximum Gasteiger partial charge on any atom is 0.288 e. The highest BCUT2D eigenvalue weighted by Crippen LogP contribution is 2.31. The third kappa shape index (κ3) is 2.57. The van der Waals surface area contributed by atoms with Crippen LogP contribution in [0.5, 0.6) is 0 Å². The maximum absolute atomic E-state index is 10.9. The van der Waals surface area contributed by atoms with Gasteiger partial charge in [0, 0.05) is 11.0 Å². The number of nitriles is 1. The van der Waals surface area contributed by atoms with Crippen LogP contribution in [-0.2, 0) is 0 Å². The molecule has 0 unspecified atom stereocenters. The highest BCUT2D eigenvalue weighted by atomic mass is 32.2. The van der Waals surface area contributed by atoms with Gasteiger partial charge in [0.2, 0.25) is 0 Å². The molecule has 0 spiro atoms. The van der Waals surface area contributed by atoms with Crippen molar-refractivity contribution in [3.05, 3.63) is 58.1 Å². The van der Waals surface area contributed by atoms with Crippen molar-refractivity contribution >= 4 is 28.5 Å². The molecule has 1 aromatic heterocycles. The Bertz CT molecular complexity index is 849. The van der Waals surface area contributed by atoms with Crippen molar-refractivity contribution in [2.75, 3.05) is 0 Å². The summed E-state index contributed by atoms with van der Waals surface area (Å²) in [6.45, 7) is 0. The molecule has 0 amide bonds. The molecule has 0 saturated carbocycles. The minimum Gasteiger partial charge on any atom is -0.333 e. The summed E-state index contributed by atoms with van der Waals surface area (Å²) in [7, 11) is 0. The van der Waals surface area contributed by atoms with Crippen LogP contribution in [0.1, 0.15) is 5.56 Å². The number of fused-ring (bicyclic) bond motifs is 1. The normalized spacial score (nSPS) is 10.4. The van der Waals surface area contributed by atoms with Gasteiger partial charge in [-0.3, -0.25) is 10.1 Å². The highest BCUT2D eigenvalue weighted by Gasteiger charge is 2.15. The molecule has 21 heavy (non-hydrogen) atoms. The van der Waals surface area contributed by atoms with Gasteiger partial charge in [-0.25, -0.2) is 4.98 Å². The van der Waals surface area contributed by atoms with Gasteiger partial charge in [0.05, 0.1) is 16.0 Å². The van der Waals surface area contributed by atoms with Crippen molar-refractivity contribution < 1.29 is 4.92 Å². The molecule has 2 aromatic carbocycles. The second-order valence-corrected chi connectivity index (χ2v) is 5.27. The van der Waals surface area contributed by atoms with Crippen molar-refractivity contribution in [2.45, 2.75) is 10.1 Å². The Morgan fingerprint density at radius 1 is 1.29 bits per heavy atom. The van der Waals surface area contributed by atoms with Crippen LogP contribution in [-0.4, -0.2) is 14.9 Å². The summed E-state index contributed by atoms with van der Waals surface area (Å²) in [5, 5.41) is 20.5. The van der Waals surface area contributed by atoms with Gasteiger partial charge < -0.3 is 4.98 Å². The van der Waals surface area contributed by atoms with Crippen molar-refractivity contribution in [3.63, 3.8) is 0 Å². The first-order chi connectivity index (χ1) is 10.2. The van der Waals surface area contributed by atoms with E-state index in [1.807, 2.05) is 30.3 Å². The largest absolute Gasteiger partial charge is 0.333 e. The molecule has 0 fully saturated rings. The molecule has 0 aliphatic carbocycles. The molecular weight excluding hydrogens is 288 g/mol. The molecule has 0 atom stereocenters. The Hall–Kier alpha value is -2.85. The standard InChI is InChI=1S/C14H8N4O2S/c15-8-9-5-6-10(7-13(9)18(19)20)21-14-16-11-3-1-2-4-12(11)17-14/h1-7H,(H,16,17). The number of hydrogen-bond acceptors (Lipinski definition) is 5.